The molecule has 0 saturated heterocycles. The molecular weight excluding hydrogens is 329 g/mol. The molecule has 1 heterocycles. The molecule has 1 amide bonds. The molecule has 122 valence electrons. The fraction of sp³-hybridized carbons (Fsp3) is 0.111. The number of aryl methyl sites for hydroxylation is 1. The lowest BCUT2D eigenvalue weighted by Crippen LogP contribution is -2.31. The van der Waals surface area contributed by atoms with E-state index in [1.165, 1.54) is 12.1 Å². The monoisotopic (exact) mass is 343 g/mol. The van der Waals surface area contributed by atoms with Crippen LogP contribution in [0.1, 0.15) is 27.8 Å². The van der Waals surface area contributed by atoms with Gasteiger partial charge in [0.05, 0.1) is 5.56 Å². The highest BCUT2D eigenvalue weighted by Gasteiger charge is 2.22. The molecule has 3 aromatic rings. The second-order valence-corrected chi connectivity index (χ2v) is 5.77. The van der Waals surface area contributed by atoms with Crippen molar-refractivity contribution in [2.24, 2.45) is 7.05 Å². The number of carbonyl (C=O) groups is 1. The van der Waals surface area contributed by atoms with Gasteiger partial charge in [-0.25, -0.2) is 9.37 Å². The SMILES string of the molecule is Cn1ccnc1C(NC(=O)c1ccccc1F)c1cccc(Cl)c1. The molecule has 6 heteroatoms. The van der Waals surface area contributed by atoms with Gasteiger partial charge in [0.25, 0.3) is 5.91 Å². The first-order valence-corrected chi connectivity index (χ1v) is 7.72. The largest absolute Gasteiger partial charge is 0.338 e. The summed E-state index contributed by atoms with van der Waals surface area (Å²) in [5.41, 5.74) is 0.750. The van der Waals surface area contributed by atoms with Gasteiger partial charge in [0.2, 0.25) is 0 Å². The lowest BCUT2D eigenvalue weighted by molar-refractivity contribution is 0.0937. The molecule has 0 saturated carbocycles. The highest BCUT2D eigenvalue weighted by atomic mass is 35.5. The number of halogens is 2. The number of amides is 1. The summed E-state index contributed by atoms with van der Waals surface area (Å²) < 4.78 is 15.7. The molecule has 2 aromatic carbocycles. The van der Waals surface area contributed by atoms with E-state index in [0.717, 1.165) is 5.56 Å². The minimum Gasteiger partial charge on any atom is -0.338 e. The Morgan fingerprint density at radius 2 is 2.04 bits per heavy atom. The minimum absolute atomic E-state index is 0.0151. The van der Waals surface area contributed by atoms with Crippen LogP contribution in [0, 0.1) is 5.82 Å². The standard InChI is InChI=1S/C18H15ClFN3O/c1-23-10-9-21-17(23)16(12-5-4-6-13(19)11-12)22-18(24)14-7-2-3-8-15(14)20/h2-11,16H,1H3,(H,22,24). The van der Waals surface area contributed by atoms with Crippen LogP contribution < -0.4 is 5.32 Å². The van der Waals surface area contributed by atoms with E-state index in [0.29, 0.717) is 10.8 Å². The summed E-state index contributed by atoms with van der Waals surface area (Å²) in [4.78, 5) is 16.8. The fourth-order valence-corrected chi connectivity index (χ4v) is 2.69. The average molecular weight is 344 g/mol. The van der Waals surface area contributed by atoms with Crippen molar-refractivity contribution in [1.29, 1.82) is 0 Å². The lowest BCUT2D eigenvalue weighted by Gasteiger charge is -2.19. The number of carbonyl (C=O) groups excluding carboxylic acids is 1. The number of hydrogen-bond donors (Lipinski definition) is 1. The number of rotatable bonds is 4. The summed E-state index contributed by atoms with van der Waals surface area (Å²) in [6.45, 7) is 0. The molecule has 0 fully saturated rings. The topological polar surface area (TPSA) is 46.9 Å². The van der Waals surface area contributed by atoms with Crippen LogP contribution in [0.5, 0.6) is 0 Å². The summed E-state index contributed by atoms with van der Waals surface area (Å²) in [6, 6.07) is 12.4. The Morgan fingerprint density at radius 3 is 2.71 bits per heavy atom. The third-order valence-corrected chi connectivity index (χ3v) is 3.93. The van der Waals surface area contributed by atoms with Crippen LogP contribution in [0.3, 0.4) is 0 Å². The van der Waals surface area contributed by atoms with Crippen molar-refractivity contribution in [2.75, 3.05) is 0 Å². The molecule has 1 aromatic heterocycles. The second-order valence-electron chi connectivity index (χ2n) is 5.34. The van der Waals surface area contributed by atoms with E-state index in [-0.39, 0.29) is 5.56 Å². The summed E-state index contributed by atoms with van der Waals surface area (Å²) in [5.74, 6) is -0.456. The van der Waals surface area contributed by atoms with Crippen LogP contribution >= 0.6 is 11.6 Å². The van der Waals surface area contributed by atoms with Crippen LogP contribution in [-0.4, -0.2) is 15.5 Å². The molecule has 4 nitrogen and oxygen atoms in total. The van der Waals surface area contributed by atoms with Gasteiger partial charge in [-0.05, 0) is 29.8 Å². The van der Waals surface area contributed by atoms with E-state index in [4.69, 9.17) is 11.6 Å². The van der Waals surface area contributed by atoms with E-state index < -0.39 is 17.8 Å². The number of nitrogens with one attached hydrogen (secondary N) is 1. The smallest absolute Gasteiger partial charge is 0.255 e. The molecule has 0 radical (unpaired) electrons. The summed E-state index contributed by atoms with van der Waals surface area (Å²) in [6.07, 6.45) is 3.42. The van der Waals surface area contributed by atoms with Crippen molar-refractivity contribution in [3.63, 3.8) is 0 Å². The maximum absolute atomic E-state index is 13.9. The molecule has 0 aliphatic heterocycles. The van der Waals surface area contributed by atoms with Gasteiger partial charge in [-0.3, -0.25) is 4.79 Å². The van der Waals surface area contributed by atoms with Gasteiger partial charge in [-0.2, -0.15) is 0 Å². The van der Waals surface area contributed by atoms with E-state index in [1.54, 1.807) is 47.3 Å². The third-order valence-electron chi connectivity index (χ3n) is 3.69. The van der Waals surface area contributed by atoms with Crippen LogP contribution in [-0.2, 0) is 7.05 Å². The maximum Gasteiger partial charge on any atom is 0.255 e. The zero-order valence-corrected chi connectivity index (χ0v) is 13.7. The zero-order valence-electron chi connectivity index (χ0n) is 12.9. The van der Waals surface area contributed by atoms with Crippen LogP contribution in [0.2, 0.25) is 5.02 Å². The van der Waals surface area contributed by atoms with Gasteiger partial charge in [-0.15, -0.1) is 0 Å². The van der Waals surface area contributed by atoms with Crippen molar-refractivity contribution in [1.82, 2.24) is 14.9 Å². The number of aromatic nitrogens is 2. The van der Waals surface area contributed by atoms with Crippen molar-refractivity contribution in [3.8, 4) is 0 Å². The van der Waals surface area contributed by atoms with Crippen LogP contribution in [0.4, 0.5) is 4.39 Å². The number of hydrogen-bond acceptors (Lipinski definition) is 2. The Labute approximate surface area is 143 Å². The van der Waals surface area contributed by atoms with Gasteiger partial charge in [0, 0.05) is 24.5 Å². The lowest BCUT2D eigenvalue weighted by atomic mass is 10.1. The predicted octanol–water partition coefficient (Wildman–Crippen LogP) is 3.73. The van der Waals surface area contributed by atoms with Gasteiger partial charge >= 0.3 is 0 Å². The number of imidazole rings is 1. The normalized spacial score (nSPS) is 12.0. The number of benzene rings is 2. The van der Waals surface area contributed by atoms with Crippen molar-refractivity contribution in [2.45, 2.75) is 6.04 Å². The molecule has 0 aliphatic carbocycles. The van der Waals surface area contributed by atoms with E-state index in [2.05, 4.69) is 10.3 Å². The highest BCUT2D eigenvalue weighted by Crippen LogP contribution is 2.24. The Bertz CT molecular complexity index is 878. The summed E-state index contributed by atoms with van der Waals surface area (Å²) >= 11 is 6.07. The molecule has 1 atom stereocenters. The summed E-state index contributed by atoms with van der Waals surface area (Å²) in [5, 5.41) is 3.39. The Morgan fingerprint density at radius 1 is 1.25 bits per heavy atom. The van der Waals surface area contributed by atoms with Crippen molar-refractivity contribution in [3.05, 3.63) is 88.7 Å². The van der Waals surface area contributed by atoms with E-state index in [9.17, 15) is 9.18 Å². The van der Waals surface area contributed by atoms with Gasteiger partial charge < -0.3 is 9.88 Å². The first-order chi connectivity index (χ1) is 11.6. The molecule has 1 unspecified atom stereocenters. The molecule has 1 N–H and O–H groups in total. The van der Waals surface area contributed by atoms with Gasteiger partial charge in [0.1, 0.15) is 17.7 Å². The Kier molecular flexibility index (Phi) is 4.62. The minimum atomic E-state index is -0.570. The molecule has 0 spiro atoms. The van der Waals surface area contributed by atoms with Crippen LogP contribution in [0.25, 0.3) is 0 Å². The predicted molar refractivity (Wildman–Crippen MR) is 90.4 cm³/mol. The molecule has 0 aliphatic rings. The average Bonchev–Trinajstić information content (AvgIpc) is 2.98. The van der Waals surface area contributed by atoms with Gasteiger partial charge in [-0.1, -0.05) is 35.9 Å². The first-order valence-electron chi connectivity index (χ1n) is 7.34. The van der Waals surface area contributed by atoms with Crippen LogP contribution in [0.15, 0.2) is 60.9 Å². The molecule has 3 rings (SSSR count). The van der Waals surface area contributed by atoms with E-state index in [1.807, 2.05) is 13.1 Å². The Balaban J connectivity index is 1.98. The molecular formula is C18H15ClFN3O. The third kappa shape index (κ3) is 3.31. The molecule has 0 bridgehead atoms. The van der Waals surface area contributed by atoms with Crippen molar-refractivity contribution >= 4 is 17.5 Å². The zero-order chi connectivity index (χ0) is 17.1. The Hall–Kier alpha value is -2.66. The maximum atomic E-state index is 13.9. The molecule has 24 heavy (non-hydrogen) atoms. The van der Waals surface area contributed by atoms with Crippen molar-refractivity contribution < 1.29 is 9.18 Å². The fourth-order valence-electron chi connectivity index (χ4n) is 2.49. The summed E-state index contributed by atoms with van der Waals surface area (Å²) in [7, 11) is 1.83. The number of nitrogens with zero attached hydrogens (tertiary/aromatic N) is 2. The van der Waals surface area contributed by atoms with E-state index >= 15 is 0 Å². The first kappa shape index (κ1) is 16.2. The quantitative estimate of drug-likeness (QED) is 0.784. The van der Waals surface area contributed by atoms with Gasteiger partial charge in [0.15, 0.2) is 0 Å². The highest BCUT2D eigenvalue weighted by molar-refractivity contribution is 6.30. The second kappa shape index (κ2) is 6.84.